The Hall–Kier alpha value is -1.63. The molecule has 0 atom stereocenters. The van der Waals surface area contributed by atoms with Gasteiger partial charge in [-0.3, -0.25) is 4.98 Å². The second-order valence-corrected chi connectivity index (χ2v) is 7.35. The predicted octanol–water partition coefficient (Wildman–Crippen LogP) is 4.00. The van der Waals surface area contributed by atoms with Gasteiger partial charge >= 0.3 is 0 Å². The second kappa shape index (κ2) is 9.90. The lowest BCUT2D eigenvalue weighted by atomic mass is 10.1. The first-order valence-corrected chi connectivity index (χ1v) is 10.5. The molecule has 0 spiro atoms. The number of aryl methyl sites for hydroxylation is 1. The summed E-state index contributed by atoms with van der Waals surface area (Å²) in [6.45, 7) is 2.35. The van der Waals surface area contributed by atoms with Gasteiger partial charge in [0.05, 0.1) is 29.4 Å². The van der Waals surface area contributed by atoms with Gasteiger partial charge in [-0.1, -0.05) is 12.1 Å². The number of hydrogen-bond donors (Lipinski definition) is 1. The van der Waals surface area contributed by atoms with Crippen molar-refractivity contribution in [2.45, 2.75) is 25.7 Å². The van der Waals surface area contributed by atoms with E-state index < -0.39 is 0 Å². The van der Waals surface area contributed by atoms with Crippen LogP contribution in [0.4, 0.5) is 0 Å². The number of ether oxygens (including phenoxy) is 2. The highest BCUT2D eigenvalue weighted by Crippen LogP contribution is 2.23. The van der Waals surface area contributed by atoms with E-state index in [1.807, 2.05) is 18.0 Å². The molecule has 0 aliphatic rings. The summed E-state index contributed by atoms with van der Waals surface area (Å²) >= 11 is 1.87. The topological polar surface area (TPSA) is 60.0 Å². The molecular formula is C20H27N3O2S. The first-order valence-electron chi connectivity index (χ1n) is 9.13. The zero-order chi connectivity index (χ0) is 18.2. The van der Waals surface area contributed by atoms with Crippen molar-refractivity contribution in [3.63, 3.8) is 0 Å². The highest BCUT2D eigenvalue weighted by Gasteiger charge is 2.08. The van der Waals surface area contributed by atoms with E-state index in [1.54, 1.807) is 7.11 Å². The maximum atomic E-state index is 5.68. The fourth-order valence-corrected chi connectivity index (χ4v) is 3.42. The molecule has 0 saturated carbocycles. The average Bonchev–Trinajstić information content (AvgIpc) is 3.09. The molecule has 2 aromatic heterocycles. The number of rotatable bonds is 11. The number of nitrogens with zero attached hydrogens (tertiary/aromatic N) is 2. The zero-order valence-corrected chi connectivity index (χ0v) is 16.4. The lowest BCUT2D eigenvalue weighted by molar-refractivity contribution is 0.133. The molecule has 0 aliphatic heterocycles. The van der Waals surface area contributed by atoms with Gasteiger partial charge in [0.1, 0.15) is 5.82 Å². The lowest BCUT2D eigenvalue weighted by Crippen LogP contribution is -1.99. The summed E-state index contributed by atoms with van der Waals surface area (Å²) in [4.78, 5) is 12.7. The number of methoxy groups -OCH3 is 1. The van der Waals surface area contributed by atoms with Crippen LogP contribution >= 0.6 is 11.8 Å². The van der Waals surface area contributed by atoms with E-state index in [2.05, 4.69) is 34.4 Å². The minimum atomic E-state index is 0.661. The minimum absolute atomic E-state index is 0.661. The van der Waals surface area contributed by atoms with E-state index >= 15 is 0 Å². The Bertz CT molecular complexity index is 834. The van der Waals surface area contributed by atoms with Crippen molar-refractivity contribution in [1.82, 2.24) is 15.0 Å². The van der Waals surface area contributed by atoms with Gasteiger partial charge in [-0.2, -0.15) is 11.8 Å². The van der Waals surface area contributed by atoms with Crippen LogP contribution in [0.3, 0.4) is 0 Å². The Morgan fingerprint density at radius 1 is 1.12 bits per heavy atom. The van der Waals surface area contributed by atoms with Crippen molar-refractivity contribution < 1.29 is 9.47 Å². The van der Waals surface area contributed by atoms with E-state index in [1.165, 1.54) is 11.3 Å². The number of benzene rings is 1. The number of thioether (sulfide) groups is 1. The van der Waals surface area contributed by atoms with Crippen LogP contribution < -0.4 is 0 Å². The van der Waals surface area contributed by atoms with Crippen molar-refractivity contribution in [2.75, 3.05) is 38.9 Å². The number of H-pyrrole nitrogens is 1. The van der Waals surface area contributed by atoms with Gasteiger partial charge in [-0.05, 0) is 42.9 Å². The Morgan fingerprint density at radius 2 is 2.00 bits per heavy atom. The molecule has 0 bridgehead atoms. The van der Waals surface area contributed by atoms with Gasteiger partial charge in [0.25, 0.3) is 0 Å². The number of aromatic amines is 1. The standard InChI is InChI=1S/C20H27N3O2S/c1-24-11-8-19-22-18-14-21-17-13-15(6-7-16(17)20(18)23-19)5-3-9-25-10-4-12-26-2/h6-7,13-14H,3-5,8-12H2,1-2H3,(H,22,23). The van der Waals surface area contributed by atoms with Gasteiger partial charge < -0.3 is 14.5 Å². The third-order valence-electron chi connectivity index (χ3n) is 4.37. The molecular weight excluding hydrogens is 346 g/mol. The van der Waals surface area contributed by atoms with Crippen LogP contribution in [0.2, 0.25) is 0 Å². The van der Waals surface area contributed by atoms with Crippen LogP contribution in [-0.2, 0) is 22.3 Å². The fraction of sp³-hybridized carbons (Fsp3) is 0.500. The zero-order valence-electron chi connectivity index (χ0n) is 15.6. The quantitative estimate of drug-likeness (QED) is 0.515. The van der Waals surface area contributed by atoms with Crippen molar-refractivity contribution in [2.24, 2.45) is 0 Å². The maximum Gasteiger partial charge on any atom is 0.109 e. The van der Waals surface area contributed by atoms with Gasteiger partial charge in [-0.25, -0.2) is 4.98 Å². The van der Waals surface area contributed by atoms with Crippen LogP contribution in [-0.4, -0.2) is 53.9 Å². The van der Waals surface area contributed by atoms with Crippen LogP contribution in [0.15, 0.2) is 24.4 Å². The molecule has 5 nitrogen and oxygen atoms in total. The first kappa shape index (κ1) is 19.1. The number of hydrogen-bond acceptors (Lipinski definition) is 5. The highest BCUT2D eigenvalue weighted by molar-refractivity contribution is 7.98. The van der Waals surface area contributed by atoms with E-state index in [-0.39, 0.29) is 0 Å². The molecule has 0 amide bonds. The number of aromatic nitrogens is 3. The molecule has 0 saturated heterocycles. The molecule has 1 aromatic carbocycles. The van der Waals surface area contributed by atoms with E-state index in [4.69, 9.17) is 14.5 Å². The monoisotopic (exact) mass is 373 g/mol. The summed E-state index contributed by atoms with van der Waals surface area (Å²) in [5.41, 5.74) is 4.27. The summed E-state index contributed by atoms with van der Waals surface area (Å²) < 4.78 is 10.8. The molecule has 1 N–H and O–H groups in total. The maximum absolute atomic E-state index is 5.68. The van der Waals surface area contributed by atoms with Crippen molar-refractivity contribution >= 4 is 33.7 Å². The molecule has 0 fully saturated rings. The number of nitrogens with one attached hydrogen (secondary N) is 1. The summed E-state index contributed by atoms with van der Waals surface area (Å²) in [6, 6.07) is 6.49. The van der Waals surface area contributed by atoms with Crippen LogP contribution in [0.25, 0.3) is 21.9 Å². The molecule has 2 heterocycles. The minimum Gasteiger partial charge on any atom is -0.384 e. The first-order chi connectivity index (χ1) is 12.8. The predicted molar refractivity (Wildman–Crippen MR) is 109 cm³/mol. The van der Waals surface area contributed by atoms with Gasteiger partial charge in [0.2, 0.25) is 0 Å². The fourth-order valence-electron chi connectivity index (χ4n) is 3.01. The lowest BCUT2D eigenvalue weighted by Gasteiger charge is -2.05. The SMILES string of the molecule is COCCc1nc2c(cnc3cc(CCCOCCCSC)ccc32)[nH]1. The Morgan fingerprint density at radius 3 is 2.85 bits per heavy atom. The summed E-state index contributed by atoms with van der Waals surface area (Å²) in [6.07, 6.45) is 7.97. The van der Waals surface area contributed by atoms with Crippen molar-refractivity contribution in [1.29, 1.82) is 0 Å². The molecule has 3 aromatic rings. The number of imidazole rings is 1. The Kier molecular flexibility index (Phi) is 7.29. The largest absolute Gasteiger partial charge is 0.384 e. The Balaban J connectivity index is 1.62. The molecule has 3 rings (SSSR count). The third-order valence-corrected chi connectivity index (χ3v) is 5.06. The average molecular weight is 374 g/mol. The molecule has 26 heavy (non-hydrogen) atoms. The molecule has 0 aliphatic carbocycles. The van der Waals surface area contributed by atoms with E-state index in [9.17, 15) is 0 Å². The van der Waals surface area contributed by atoms with Crippen molar-refractivity contribution in [3.05, 3.63) is 35.8 Å². The van der Waals surface area contributed by atoms with Crippen LogP contribution in [0.1, 0.15) is 24.2 Å². The Labute approximate surface area is 158 Å². The molecule has 0 unspecified atom stereocenters. The van der Waals surface area contributed by atoms with E-state index in [0.29, 0.717) is 6.61 Å². The van der Waals surface area contributed by atoms with Crippen molar-refractivity contribution in [3.8, 4) is 0 Å². The van der Waals surface area contributed by atoms with E-state index in [0.717, 1.165) is 66.7 Å². The summed E-state index contributed by atoms with van der Waals surface area (Å²) in [7, 11) is 1.70. The second-order valence-electron chi connectivity index (χ2n) is 6.36. The van der Waals surface area contributed by atoms with Gasteiger partial charge in [0, 0.05) is 32.1 Å². The summed E-state index contributed by atoms with van der Waals surface area (Å²) in [5, 5.41) is 1.10. The third kappa shape index (κ3) is 4.96. The number of pyridine rings is 1. The molecule has 0 radical (unpaired) electrons. The van der Waals surface area contributed by atoms with Gasteiger partial charge in [0.15, 0.2) is 0 Å². The molecule has 140 valence electrons. The highest BCUT2D eigenvalue weighted by atomic mass is 32.2. The summed E-state index contributed by atoms with van der Waals surface area (Å²) in [5.74, 6) is 2.12. The molecule has 6 heteroatoms. The smallest absolute Gasteiger partial charge is 0.109 e. The van der Waals surface area contributed by atoms with Crippen LogP contribution in [0.5, 0.6) is 0 Å². The normalized spacial score (nSPS) is 11.6. The van der Waals surface area contributed by atoms with Gasteiger partial charge in [-0.15, -0.1) is 0 Å². The number of fused-ring (bicyclic) bond motifs is 3. The van der Waals surface area contributed by atoms with Crippen LogP contribution in [0, 0.1) is 0 Å².